The lowest BCUT2D eigenvalue weighted by Gasteiger charge is -2.09. The van der Waals surface area contributed by atoms with E-state index in [1.54, 1.807) is 0 Å². The molecule has 0 spiro atoms. The van der Waals surface area contributed by atoms with Crippen molar-refractivity contribution in [2.75, 3.05) is 5.73 Å². The van der Waals surface area contributed by atoms with Gasteiger partial charge >= 0.3 is 0 Å². The number of aliphatic hydroxyl groups excluding tert-OH is 1. The molecule has 0 saturated heterocycles. The van der Waals surface area contributed by atoms with Gasteiger partial charge in [0.15, 0.2) is 5.69 Å². The van der Waals surface area contributed by atoms with E-state index >= 15 is 0 Å². The first-order valence-electron chi connectivity index (χ1n) is 6.37. The third-order valence-electron chi connectivity index (χ3n) is 3.36. The molecule has 0 saturated carbocycles. The predicted molar refractivity (Wildman–Crippen MR) is 76.5 cm³/mol. The fraction of sp³-hybridized carbons (Fsp3) is 0.286. The molecule has 0 aliphatic heterocycles. The molecule has 0 aliphatic carbocycles. The van der Waals surface area contributed by atoms with E-state index in [-0.39, 0.29) is 18.0 Å². The number of anilines is 1. The zero-order valence-electron chi connectivity index (χ0n) is 11.6. The number of nitrogens with two attached hydrogens (primary N) is 2. The highest BCUT2D eigenvalue weighted by Crippen LogP contribution is 2.23. The molecule has 0 aliphatic rings. The van der Waals surface area contributed by atoms with Crippen molar-refractivity contribution in [3.63, 3.8) is 0 Å². The van der Waals surface area contributed by atoms with Gasteiger partial charge < -0.3 is 16.6 Å². The number of hydrogen-bond acceptors (Lipinski definition) is 4. The molecule has 2 rings (SSSR count). The average Bonchev–Trinajstić information content (AvgIpc) is 2.76. The first-order chi connectivity index (χ1) is 9.49. The lowest BCUT2D eigenvalue weighted by Crippen LogP contribution is -2.14. The number of aromatic nitrogens is 2. The lowest BCUT2D eigenvalue weighted by atomic mass is 10.1. The normalized spacial score (nSPS) is 10.8. The molecular formula is C14H18N4O2. The van der Waals surface area contributed by atoms with Crippen LogP contribution in [0.15, 0.2) is 18.2 Å². The molecule has 1 aromatic carbocycles. The van der Waals surface area contributed by atoms with Gasteiger partial charge in [0, 0.05) is 0 Å². The molecule has 2 aromatic rings. The number of amides is 1. The zero-order chi connectivity index (χ0) is 14.9. The van der Waals surface area contributed by atoms with Gasteiger partial charge in [0.1, 0.15) is 0 Å². The summed E-state index contributed by atoms with van der Waals surface area (Å²) in [6.45, 7) is 3.77. The van der Waals surface area contributed by atoms with Crippen LogP contribution in [0.1, 0.15) is 34.2 Å². The van der Waals surface area contributed by atoms with Crippen LogP contribution in [0.3, 0.4) is 0 Å². The number of hydrogen-bond donors (Lipinski definition) is 3. The highest BCUT2D eigenvalue weighted by Gasteiger charge is 2.19. The van der Waals surface area contributed by atoms with Crippen LogP contribution < -0.4 is 11.5 Å². The van der Waals surface area contributed by atoms with Gasteiger partial charge in [0.2, 0.25) is 0 Å². The van der Waals surface area contributed by atoms with Gasteiger partial charge in [-0.05, 0) is 36.6 Å². The smallest absolute Gasteiger partial charge is 0.271 e. The molecule has 0 radical (unpaired) electrons. The summed E-state index contributed by atoms with van der Waals surface area (Å²) in [6.07, 6.45) is 0.882. The molecule has 0 fully saturated rings. The number of carbonyl (C=O) groups is 1. The molecular weight excluding hydrogens is 256 g/mol. The minimum atomic E-state index is -0.709. The predicted octanol–water partition coefficient (Wildman–Crippen LogP) is 0.917. The number of benzene rings is 1. The van der Waals surface area contributed by atoms with Gasteiger partial charge in [-0.1, -0.05) is 13.0 Å². The summed E-state index contributed by atoms with van der Waals surface area (Å²) >= 11 is 0. The van der Waals surface area contributed by atoms with Gasteiger partial charge in [0.25, 0.3) is 5.91 Å². The maximum atomic E-state index is 11.3. The fourth-order valence-electron chi connectivity index (χ4n) is 2.18. The highest BCUT2D eigenvalue weighted by molar-refractivity contribution is 5.96. The second kappa shape index (κ2) is 5.34. The van der Waals surface area contributed by atoms with Crippen molar-refractivity contribution >= 4 is 11.6 Å². The van der Waals surface area contributed by atoms with E-state index in [2.05, 4.69) is 12.0 Å². The van der Waals surface area contributed by atoms with E-state index < -0.39 is 5.91 Å². The highest BCUT2D eigenvalue weighted by atomic mass is 16.3. The van der Waals surface area contributed by atoms with E-state index in [4.69, 9.17) is 11.5 Å². The molecule has 5 N–H and O–H groups in total. The second-order valence-corrected chi connectivity index (χ2v) is 4.61. The molecule has 1 aromatic heterocycles. The molecule has 0 atom stereocenters. The summed E-state index contributed by atoms with van der Waals surface area (Å²) in [4.78, 5) is 11.3. The van der Waals surface area contributed by atoms with Crippen LogP contribution >= 0.6 is 0 Å². The molecule has 0 unspecified atom stereocenters. The minimum absolute atomic E-state index is 0.0207. The molecule has 0 bridgehead atoms. The van der Waals surface area contributed by atoms with Crippen LogP contribution in [0.4, 0.5) is 5.69 Å². The number of primary amides is 1. The van der Waals surface area contributed by atoms with Crippen LogP contribution in [-0.2, 0) is 13.0 Å². The average molecular weight is 274 g/mol. The van der Waals surface area contributed by atoms with Crippen LogP contribution in [0, 0.1) is 6.92 Å². The topological polar surface area (TPSA) is 107 Å². The largest absolute Gasteiger partial charge is 0.395 e. The van der Waals surface area contributed by atoms with Crippen molar-refractivity contribution < 1.29 is 9.90 Å². The summed E-state index contributed by atoms with van der Waals surface area (Å²) in [5, 5.41) is 13.6. The van der Waals surface area contributed by atoms with E-state index in [1.165, 1.54) is 15.8 Å². The molecule has 1 heterocycles. The zero-order valence-corrected chi connectivity index (χ0v) is 11.6. The Bertz CT molecular complexity index is 661. The third kappa shape index (κ3) is 2.25. The Hall–Kier alpha value is -2.34. The monoisotopic (exact) mass is 274 g/mol. The van der Waals surface area contributed by atoms with E-state index in [9.17, 15) is 9.90 Å². The molecule has 6 heteroatoms. The quantitative estimate of drug-likeness (QED) is 0.770. The number of aryl methyl sites for hydroxylation is 2. The first-order valence-corrected chi connectivity index (χ1v) is 6.37. The van der Waals surface area contributed by atoms with Gasteiger partial charge in [-0.3, -0.25) is 4.79 Å². The van der Waals surface area contributed by atoms with Crippen LogP contribution in [0.5, 0.6) is 0 Å². The Kier molecular flexibility index (Phi) is 3.76. The summed E-state index contributed by atoms with van der Waals surface area (Å²) in [7, 11) is 0. The number of nitrogens with zero attached hydrogens (tertiary/aromatic N) is 2. The number of carbonyl (C=O) groups excluding carboxylic acids is 1. The standard InChI is InChI=1S/C14H18N4O2/c1-3-9-6-10(5-4-8(9)2)18-11(7-19)12(15)13(17-18)14(16)20/h4-6,19H,3,7,15H2,1-2H3,(H2,16,20). The van der Waals surface area contributed by atoms with Crippen LogP contribution in [-0.4, -0.2) is 20.8 Å². The SMILES string of the molecule is CCc1cc(-n2nc(C(N)=O)c(N)c2CO)ccc1C. The summed E-state index contributed by atoms with van der Waals surface area (Å²) in [5.74, 6) is -0.709. The third-order valence-corrected chi connectivity index (χ3v) is 3.36. The number of rotatable bonds is 4. The lowest BCUT2D eigenvalue weighted by molar-refractivity contribution is 0.0996. The minimum Gasteiger partial charge on any atom is -0.395 e. The van der Waals surface area contributed by atoms with Crippen LogP contribution in [0.2, 0.25) is 0 Å². The summed E-state index contributed by atoms with van der Waals surface area (Å²) in [5.41, 5.74) is 14.6. The first kappa shape index (κ1) is 14.1. The van der Waals surface area contributed by atoms with Crippen molar-refractivity contribution in [2.45, 2.75) is 26.9 Å². The maximum Gasteiger partial charge on any atom is 0.271 e. The van der Waals surface area contributed by atoms with Gasteiger partial charge in [0.05, 0.1) is 23.7 Å². The van der Waals surface area contributed by atoms with E-state index in [1.807, 2.05) is 25.1 Å². The molecule has 106 valence electrons. The molecule has 1 amide bonds. The Morgan fingerprint density at radius 1 is 1.45 bits per heavy atom. The van der Waals surface area contributed by atoms with Crippen molar-refractivity contribution in [2.24, 2.45) is 5.73 Å². The molecule has 6 nitrogen and oxygen atoms in total. The fourth-order valence-corrected chi connectivity index (χ4v) is 2.18. The Labute approximate surface area is 117 Å². The van der Waals surface area contributed by atoms with Gasteiger partial charge in [-0.25, -0.2) is 4.68 Å². The summed E-state index contributed by atoms with van der Waals surface area (Å²) in [6, 6.07) is 5.80. The van der Waals surface area contributed by atoms with Gasteiger partial charge in [-0.15, -0.1) is 0 Å². The molecule has 20 heavy (non-hydrogen) atoms. The Morgan fingerprint density at radius 3 is 2.70 bits per heavy atom. The van der Waals surface area contributed by atoms with E-state index in [0.29, 0.717) is 5.69 Å². The van der Waals surface area contributed by atoms with Crippen molar-refractivity contribution in [3.05, 3.63) is 40.7 Å². The Morgan fingerprint density at radius 2 is 2.15 bits per heavy atom. The van der Waals surface area contributed by atoms with Gasteiger partial charge in [-0.2, -0.15) is 5.10 Å². The number of nitrogen functional groups attached to an aromatic ring is 1. The van der Waals surface area contributed by atoms with Crippen molar-refractivity contribution in [3.8, 4) is 5.69 Å². The number of aliphatic hydroxyl groups is 1. The second-order valence-electron chi connectivity index (χ2n) is 4.61. The van der Waals surface area contributed by atoms with E-state index in [0.717, 1.165) is 12.1 Å². The van der Waals surface area contributed by atoms with Crippen molar-refractivity contribution in [1.29, 1.82) is 0 Å². The van der Waals surface area contributed by atoms with Crippen molar-refractivity contribution in [1.82, 2.24) is 9.78 Å². The Balaban J connectivity index is 2.63. The summed E-state index contributed by atoms with van der Waals surface area (Å²) < 4.78 is 1.47. The van der Waals surface area contributed by atoms with Crippen LogP contribution in [0.25, 0.3) is 5.69 Å². The maximum absolute atomic E-state index is 11.3.